The Bertz CT molecular complexity index is 284. The molecule has 1 unspecified atom stereocenters. The van der Waals surface area contributed by atoms with E-state index in [1.54, 1.807) is 0 Å². The van der Waals surface area contributed by atoms with Gasteiger partial charge in [0.15, 0.2) is 0 Å². The van der Waals surface area contributed by atoms with Gasteiger partial charge in [0.1, 0.15) is 0 Å². The second-order valence-corrected chi connectivity index (χ2v) is 4.66. The molecule has 2 nitrogen and oxygen atoms in total. The van der Waals surface area contributed by atoms with Crippen molar-refractivity contribution in [3.05, 3.63) is 35.9 Å². The van der Waals surface area contributed by atoms with Gasteiger partial charge in [0.25, 0.3) is 0 Å². The molecule has 0 spiro atoms. The first-order chi connectivity index (χ1) is 8.25. The summed E-state index contributed by atoms with van der Waals surface area (Å²) >= 11 is 0. The highest BCUT2D eigenvalue weighted by Crippen LogP contribution is 2.23. The van der Waals surface area contributed by atoms with E-state index in [0.717, 1.165) is 26.3 Å². The molecule has 0 aliphatic heterocycles. The normalized spacial score (nSPS) is 12.9. The molecule has 1 aromatic carbocycles. The summed E-state index contributed by atoms with van der Waals surface area (Å²) < 4.78 is 5.32. The first-order valence-corrected chi connectivity index (χ1v) is 6.59. The van der Waals surface area contributed by atoms with E-state index < -0.39 is 0 Å². The lowest BCUT2D eigenvalue weighted by Crippen LogP contribution is -2.27. The molecule has 0 saturated heterocycles. The van der Waals surface area contributed by atoms with E-state index in [4.69, 9.17) is 4.74 Å². The average Bonchev–Trinajstić information content (AvgIpc) is 2.34. The van der Waals surface area contributed by atoms with E-state index in [1.807, 2.05) is 6.92 Å². The van der Waals surface area contributed by atoms with Crippen LogP contribution in [0, 0.1) is 5.92 Å². The van der Waals surface area contributed by atoms with E-state index in [2.05, 4.69) is 49.5 Å². The Balaban J connectivity index is 2.40. The minimum Gasteiger partial charge on any atom is -0.380 e. The third kappa shape index (κ3) is 5.33. The number of hydrogen-bond acceptors (Lipinski definition) is 2. The van der Waals surface area contributed by atoms with Gasteiger partial charge >= 0.3 is 0 Å². The minimum absolute atomic E-state index is 0.581. The first kappa shape index (κ1) is 14.2. The van der Waals surface area contributed by atoms with Crippen LogP contribution in [0.4, 0.5) is 0 Å². The van der Waals surface area contributed by atoms with Gasteiger partial charge < -0.3 is 10.1 Å². The van der Waals surface area contributed by atoms with Crippen LogP contribution in [-0.2, 0) is 4.74 Å². The van der Waals surface area contributed by atoms with E-state index in [1.165, 1.54) is 5.56 Å². The lowest BCUT2D eigenvalue weighted by atomic mass is 9.88. The maximum Gasteiger partial charge on any atom is 0.0590 e. The van der Waals surface area contributed by atoms with Crippen LogP contribution in [0.5, 0.6) is 0 Å². The molecule has 1 atom stereocenters. The molecule has 0 aliphatic carbocycles. The van der Waals surface area contributed by atoms with Crippen LogP contribution in [0.1, 0.15) is 32.3 Å². The van der Waals surface area contributed by atoms with Gasteiger partial charge in [-0.3, -0.25) is 0 Å². The molecular weight excluding hydrogens is 210 g/mol. The fourth-order valence-corrected chi connectivity index (χ4v) is 1.98. The molecule has 17 heavy (non-hydrogen) atoms. The zero-order chi connectivity index (χ0) is 12.5. The van der Waals surface area contributed by atoms with Gasteiger partial charge in [-0.25, -0.2) is 0 Å². The van der Waals surface area contributed by atoms with Crippen LogP contribution in [0.25, 0.3) is 0 Å². The van der Waals surface area contributed by atoms with Gasteiger partial charge in [-0.05, 0) is 24.3 Å². The lowest BCUT2D eigenvalue weighted by Gasteiger charge is -2.22. The number of rotatable bonds is 8. The molecule has 0 aromatic heterocycles. The first-order valence-electron chi connectivity index (χ1n) is 6.59. The zero-order valence-electron chi connectivity index (χ0n) is 11.3. The summed E-state index contributed by atoms with van der Waals surface area (Å²) in [5, 5.41) is 3.48. The van der Waals surface area contributed by atoms with Crippen LogP contribution in [0.15, 0.2) is 30.3 Å². The van der Waals surface area contributed by atoms with Gasteiger partial charge in [0, 0.05) is 19.7 Å². The average molecular weight is 235 g/mol. The SMILES string of the molecule is CCOCCNCC(c1ccccc1)C(C)C. The molecule has 96 valence electrons. The van der Waals surface area contributed by atoms with Gasteiger partial charge in [0.05, 0.1) is 6.61 Å². The van der Waals surface area contributed by atoms with Crippen molar-refractivity contribution in [3.8, 4) is 0 Å². The number of hydrogen-bond donors (Lipinski definition) is 1. The zero-order valence-corrected chi connectivity index (χ0v) is 11.3. The van der Waals surface area contributed by atoms with E-state index in [-0.39, 0.29) is 0 Å². The molecule has 2 heteroatoms. The van der Waals surface area contributed by atoms with Crippen LogP contribution < -0.4 is 5.32 Å². The largest absolute Gasteiger partial charge is 0.380 e. The highest BCUT2D eigenvalue weighted by Gasteiger charge is 2.14. The second kappa shape index (κ2) is 8.26. The Morgan fingerprint density at radius 2 is 1.88 bits per heavy atom. The minimum atomic E-state index is 0.581. The molecular formula is C15H25NO. The summed E-state index contributed by atoms with van der Waals surface area (Å²) in [5.41, 5.74) is 1.42. The summed E-state index contributed by atoms with van der Waals surface area (Å²) in [6.45, 7) is 10.1. The molecule has 0 radical (unpaired) electrons. The topological polar surface area (TPSA) is 21.3 Å². The van der Waals surface area contributed by atoms with Gasteiger partial charge in [0.2, 0.25) is 0 Å². The maximum atomic E-state index is 5.32. The van der Waals surface area contributed by atoms with Crippen molar-refractivity contribution in [2.75, 3.05) is 26.3 Å². The van der Waals surface area contributed by atoms with Crippen molar-refractivity contribution in [1.29, 1.82) is 0 Å². The van der Waals surface area contributed by atoms with Crippen LogP contribution in [0.2, 0.25) is 0 Å². The van der Waals surface area contributed by atoms with Crippen molar-refractivity contribution in [1.82, 2.24) is 5.32 Å². The Morgan fingerprint density at radius 3 is 2.47 bits per heavy atom. The quantitative estimate of drug-likeness (QED) is 0.699. The summed E-state index contributed by atoms with van der Waals surface area (Å²) in [4.78, 5) is 0. The van der Waals surface area contributed by atoms with E-state index >= 15 is 0 Å². The van der Waals surface area contributed by atoms with Crippen molar-refractivity contribution in [2.24, 2.45) is 5.92 Å². The third-order valence-electron chi connectivity index (χ3n) is 3.02. The maximum absolute atomic E-state index is 5.32. The Kier molecular flexibility index (Phi) is 6.90. The fourth-order valence-electron chi connectivity index (χ4n) is 1.98. The molecule has 0 aliphatic rings. The molecule has 1 N–H and O–H groups in total. The predicted molar refractivity (Wildman–Crippen MR) is 73.4 cm³/mol. The van der Waals surface area contributed by atoms with Crippen LogP contribution >= 0.6 is 0 Å². The van der Waals surface area contributed by atoms with Gasteiger partial charge in [-0.1, -0.05) is 44.2 Å². The van der Waals surface area contributed by atoms with Crippen LogP contribution in [0.3, 0.4) is 0 Å². The molecule has 0 fully saturated rings. The number of nitrogens with one attached hydrogen (secondary N) is 1. The fraction of sp³-hybridized carbons (Fsp3) is 0.600. The van der Waals surface area contributed by atoms with E-state index in [9.17, 15) is 0 Å². The Hall–Kier alpha value is -0.860. The Labute approximate surface area is 105 Å². The summed E-state index contributed by atoms with van der Waals surface area (Å²) in [5.74, 6) is 1.23. The molecule has 0 heterocycles. The smallest absolute Gasteiger partial charge is 0.0590 e. The monoisotopic (exact) mass is 235 g/mol. The highest BCUT2D eigenvalue weighted by atomic mass is 16.5. The molecule has 1 aromatic rings. The second-order valence-electron chi connectivity index (χ2n) is 4.66. The van der Waals surface area contributed by atoms with Crippen molar-refractivity contribution in [3.63, 3.8) is 0 Å². The van der Waals surface area contributed by atoms with Crippen molar-refractivity contribution < 1.29 is 4.74 Å². The van der Waals surface area contributed by atoms with E-state index in [0.29, 0.717) is 11.8 Å². The van der Waals surface area contributed by atoms with Crippen LogP contribution in [-0.4, -0.2) is 26.3 Å². The molecule has 0 amide bonds. The summed E-state index contributed by atoms with van der Waals surface area (Å²) in [6, 6.07) is 10.7. The molecule has 0 bridgehead atoms. The lowest BCUT2D eigenvalue weighted by molar-refractivity contribution is 0.148. The molecule has 0 saturated carbocycles. The van der Waals surface area contributed by atoms with Gasteiger partial charge in [-0.2, -0.15) is 0 Å². The van der Waals surface area contributed by atoms with Crippen molar-refractivity contribution >= 4 is 0 Å². The third-order valence-corrected chi connectivity index (χ3v) is 3.02. The molecule has 1 rings (SSSR count). The van der Waals surface area contributed by atoms with Crippen molar-refractivity contribution in [2.45, 2.75) is 26.7 Å². The van der Waals surface area contributed by atoms with Gasteiger partial charge in [-0.15, -0.1) is 0 Å². The standard InChI is InChI=1S/C15H25NO/c1-4-17-11-10-16-12-15(13(2)3)14-8-6-5-7-9-14/h5-9,13,15-16H,4,10-12H2,1-3H3. The predicted octanol–water partition coefficient (Wildman–Crippen LogP) is 3.05. The Morgan fingerprint density at radius 1 is 1.18 bits per heavy atom. The number of benzene rings is 1. The highest BCUT2D eigenvalue weighted by molar-refractivity contribution is 5.20. The summed E-state index contributed by atoms with van der Waals surface area (Å²) in [7, 11) is 0. The summed E-state index contributed by atoms with van der Waals surface area (Å²) in [6.07, 6.45) is 0. The number of ether oxygens (including phenoxy) is 1.